The summed E-state index contributed by atoms with van der Waals surface area (Å²) in [6, 6.07) is 4.16. The Bertz CT molecular complexity index is 626. The standard InChI is InChI=1S/C10H7F6IO4S/c11-9(12,13)8(10(14,15)16,5-22(18,19)20)21-7-3-1-2-6(17)4-7/h1-4H,5H2,(H,18,19,20). The van der Waals surface area contributed by atoms with E-state index in [1.807, 2.05) is 0 Å². The lowest BCUT2D eigenvalue weighted by molar-refractivity contribution is -0.348. The summed E-state index contributed by atoms with van der Waals surface area (Å²) in [6.07, 6.45) is -12.3. The summed E-state index contributed by atoms with van der Waals surface area (Å²) in [7, 11) is -5.65. The number of rotatable bonds is 4. The molecule has 0 saturated carbocycles. The van der Waals surface area contributed by atoms with E-state index in [1.165, 1.54) is 6.07 Å². The first-order valence-electron chi connectivity index (χ1n) is 5.21. The maximum atomic E-state index is 13.0. The molecular weight excluding hydrogens is 457 g/mol. The van der Waals surface area contributed by atoms with Gasteiger partial charge in [-0.3, -0.25) is 4.55 Å². The summed E-state index contributed by atoms with van der Waals surface area (Å²) in [4.78, 5) is 0. The van der Waals surface area contributed by atoms with Crippen LogP contribution in [0, 0.1) is 3.57 Å². The van der Waals surface area contributed by atoms with Crippen LogP contribution in [0.5, 0.6) is 5.75 Å². The molecule has 0 aliphatic heterocycles. The van der Waals surface area contributed by atoms with Crippen LogP contribution in [0.2, 0.25) is 0 Å². The molecule has 0 atom stereocenters. The molecular formula is C10H7F6IO4S. The number of hydrogen-bond donors (Lipinski definition) is 1. The van der Waals surface area contributed by atoms with E-state index in [0.29, 0.717) is 0 Å². The maximum absolute atomic E-state index is 13.0. The van der Waals surface area contributed by atoms with Crippen molar-refractivity contribution in [3.63, 3.8) is 0 Å². The lowest BCUT2D eigenvalue weighted by atomic mass is 10.1. The molecule has 0 heterocycles. The highest BCUT2D eigenvalue weighted by Crippen LogP contribution is 2.47. The van der Waals surface area contributed by atoms with Crippen molar-refractivity contribution in [1.29, 1.82) is 0 Å². The van der Waals surface area contributed by atoms with Gasteiger partial charge in [0.2, 0.25) is 0 Å². The Hall–Kier alpha value is -0.760. The number of benzene rings is 1. The molecule has 0 radical (unpaired) electrons. The Kier molecular flexibility index (Phi) is 5.29. The smallest absolute Gasteiger partial charge is 0.438 e. The van der Waals surface area contributed by atoms with Gasteiger partial charge < -0.3 is 4.74 Å². The van der Waals surface area contributed by atoms with E-state index in [2.05, 4.69) is 4.74 Å². The highest BCUT2D eigenvalue weighted by atomic mass is 127. The molecule has 22 heavy (non-hydrogen) atoms. The topological polar surface area (TPSA) is 63.6 Å². The zero-order chi connectivity index (χ0) is 17.4. The molecule has 12 heteroatoms. The molecule has 0 aliphatic carbocycles. The lowest BCUT2D eigenvalue weighted by Gasteiger charge is -2.36. The van der Waals surface area contributed by atoms with Crippen LogP contribution in [-0.4, -0.2) is 36.7 Å². The molecule has 0 amide bonds. The van der Waals surface area contributed by atoms with Gasteiger partial charge >= 0.3 is 18.0 Å². The maximum Gasteiger partial charge on any atom is 0.438 e. The molecule has 1 rings (SSSR count). The Morgan fingerprint density at radius 3 is 1.95 bits per heavy atom. The number of hydrogen-bond acceptors (Lipinski definition) is 3. The minimum Gasteiger partial charge on any atom is -0.468 e. The van der Waals surface area contributed by atoms with Crippen LogP contribution in [0.4, 0.5) is 26.3 Å². The first-order valence-corrected chi connectivity index (χ1v) is 7.90. The van der Waals surface area contributed by atoms with Crippen molar-refractivity contribution in [2.24, 2.45) is 0 Å². The third-order valence-corrected chi connectivity index (χ3v) is 3.83. The Labute approximate surface area is 134 Å². The lowest BCUT2D eigenvalue weighted by Crippen LogP contribution is -2.64. The minimum atomic E-state index is -6.14. The first kappa shape index (κ1) is 19.3. The fourth-order valence-corrected chi connectivity index (χ4v) is 2.87. The van der Waals surface area contributed by atoms with Crippen LogP contribution in [0.15, 0.2) is 24.3 Å². The second kappa shape index (κ2) is 6.03. The predicted molar refractivity (Wildman–Crippen MR) is 71.0 cm³/mol. The van der Waals surface area contributed by atoms with Crippen LogP contribution in [-0.2, 0) is 10.1 Å². The number of halogens is 7. The van der Waals surface area contributed by atoms with Gasteiger partial charge in [-0.25, -0.2) is 0 Å². The van der Waals surface area contributed by atoms with Crippen molar-refractivity contribution >= 4 is 32.7 Å². The average Bonchev–Trinajstić information content (AvgIpc) is 2.22. The molecule has 126 valence electrons. The van der Waals surface area contributed by atoms with Crippen molar-refractivity contribution in [3.8, 4) is 5.75 Å². The summed E-state index contributed by atoms with van der Waals surface area (Å²) < 4.78 is 112. The molecule has 1 N–H and O–H groups in total. The second-order valence-electron chi connectivity index (χ2n) is 4.11. The summed E-state index contributed by atoms with van der Waals surface area (Å²) in [6.45, 7) is 0. The summed E-state index contributed by atoms with van der Waals surface area (Å²) >= 11 is 1.62. The van der Waals surface area contributed by atoms with Crippen molar-refractivity contribution in [1.82, 2.24) is 0 Å². The van der Waals surface area contributed by atoms with Gasteiger partial charge in [0.25, 0.3) is 10.1 Å². The molecule has 0 aromatic heterocycles. The molecule has 0 aliphatic rings. The van der Waals surface area contributed by atoms with Crippen LogP contribution in [0.3, 0.4) is 0 Å². The molecule has 0 bridgehead atoms. The zero-order valence-electron chi connectivity index (χ0n) is 10.2. The van der Waals surface area contributed by atoms with Gasteiger partial charge in [-0.2, -0.15) is 34.8 Å². The molecule has 0 unspecified atom stereocenters. The number of ether oxygens (including phenoxy) is 1. The Balaban J connectivity index is 3.49. The van der Waals surface area contributed by atoms with Crippen molar-refractivity contribution in [2.45, 2.75) is 18.0 Å². The van der Waals surface area contributed by atoms with Crippen LogP contribution >= 0.6 is 22.6 Å². The van der Waals surface area contributed by atoms with Crippen molar-refractivity contribution in [3.05, 3.63) is 27.8 Å². The molecule has 0 fully saturated rings. The van der Waals surface area contributed by atoms with Gasteiger partial charge in [0, 0.05) is 3.57 Å². The molecule has 1 aromatic carbocycles. The van der Waals surface area contributed by atoms with E-state index in [1.54, 1.807) is 22.6 Å². The van der Waals surface area contributed by atoms with Gasteiger partial charge in [0.05, 0.1) is 0 Å². The minimum absolute atomic E-state index is 0.264. The fourth-order valence-electron chi connectivity index (χ4n) is 1.46. The monoisotopic (exact) mass is 464 g/mol. The quantitative estimate of drug-likeness (QED) is 0.422. The Morgan fingerprint density at radius 2 is 1.59 bits per heavy atom. The van der Waals surface area contributed by atoms with Gasteiger partial charge in [-0.1, -0.05) is 6.07 Å². The third kappa shape index (κ3) is 4.38. The van der Waals surface area contributed by atoms with Crippen molar-refractivity contribution < 1.29 is 44.0 Å². The van der Waals surface area contributed by atoms with Gasteiger partial charge in [0.15, 0.2) is 0 Å². The van der Waals surface area contributed by atoms with E-state index in [9.17, 15) is 34.8 Å². The number of alkyl halides is 6. The van der Waals surface area contributed by atoms with Gasteiger partial charge in [0.1, 0.15) is 11.5 Å². The molecule has 0 spiro atoms. The van der Waals surface area contributed by atoms with Gasteiger partial charge in [-0.05, 0) is 40.8 Å². The highest BCUT2D eigenvalue weighted by Gasteiger charge is 2.75. The fraction of sp³-hybridized carbons (Fsp3) is 0.400. The second-order valence-corrected chi connectivity index (χ2v) is 6.81. The normalized spacial score (nSPS) is 14.0. The van der Waals surface area contributed by atoms with Crippen molar-refractivity contribution in [2.75, 3.05) is 5.75 Å². The van der Waals surface area contributed by atoms with E-state index < -0.39 is 39.6 Å². The molecule has 0 saturated heterocycles. The van der Waals surface area contributed by atoms with E-state index in [-0.39, 0.29) is 3.57 Å². The zero-order valence-corrected chi connectivity index (χ0v) is 13.2. The van der Waals surface area contributed by atoms with E-state index >= 15 is 0 Å². The van der Waals surface area contributed by atoms with Crippen LogP contribution in [0.25, 0.3) is 0 Å². The van der Waals surface area contributed by atoms with Crippen LogP contribution < -0.4 is 4.74 Å². The largest absolute Gasteiger partial charge is 0.468 e. The Morgan fingerprint density at radius 1 is 1.09 bits per heavy atom. The van der Waals surface area contributed by atoms with Gasteiger partial charge in [-0.15, -0.1) is 0 Å². The first-order chi connectivity index (χ1) is 9.68. The van der Waals surface area contributed by atoms with Crippen LogP contribution in [0.1, 0.15) is 0 Å². The summed E-state index contributed by atoms with van der Waals surface area (Å²) in [5.41, 5.74) is -5.09. The molecule has 1 aromatic rings. The summed E-state index contributed by atoms with van der Waals surface area (Å²) in [5.74, 6) is -3.55. The third-order valence-electron chi connectivity index (χ3n) is 2.39. The van der Waals surface area contributed by atoms with E-state index in [4.69, 9.17) is 4.55 Å². The summed E-state index contributed by atoms with van der Waals surface area (Å²) in [5, 5.41) is 0. The SMILES string of the molecule is O=S(=O)(O)CC(Oc1cccc(I)c1)(C(F)(F)F)C(F)(F)F. The highest BCUT2D eigenvalue weighted by molar-refractivity contribution is 14.1. The molecule has 4 nitrogen and oxygen atoms in total. The average molecular weight is 464 g/mol. The predicted octanol–water partition coefficient (Wildman–Crippen LogP) is 3.42. The van der Waals surface area contributed by atoms with E-state index in [0.717, 1.165) is 18.2 Å².